The highest BCUT2D eigenvalue weighted by molar-refractivity contribution is 7.98. The first-order valence-corrected chi connectivity index (χ1v) is 7.32. The summed E-state index contributed by atoms with van der Waals surface area (Å²) >= 11 is 1.57. The summed E-state index contributed by atoms with van der Waals surface area (Å²) in [4.78, 5) is 23.1. The van der Waals surface area contributed by atoms with E-state index in [0.29, 0.717) is 6.42 Å². The lowest BCUT2D eigenvalue weighted by Gasteiger charge is -2.12. The first-order chi connectivity index (χ1) is 9.49. The van der Waals surface area contributed by atoms with E-state index in [4.69, 9.17) is 5.73 Å². The number of nitrogens with one attached hydrogen (secondary N) is 1. The number of benzene rings is 1. The molecule has 20 heavy (non-hydrogen) atoms. The van der Waals surface area contributed by atoms with Gasteiger partial charge < -0.3 is 15.8 Å². The van der Waals surface area contributed by atoms with Crippen LogP contribution in [0.25, 0.3) is 0 Å². The number of esters is 1. The van der Waals surface area contributed by atoms with Gasteiger partial charge in [0.1, 0.15) is 5.82 Å². The van der Waals surface area contributed by atoms with Crippen LogP contribution in [0.1, 0.15) is 16.8 Å². The van der Waals surface area contributed by atoms with Crippen molar-refractivity contribution in [2.24, 2.45) is 5.73 Å². The molecule has 0 saturated heterocycles. The molecule has 1 rings (SSSR count). The van der Waals surface area contributed by atoms with Crippen molar-refractivity contribution in [1.82, 2.24) is 0 Å². The molecule has 1 atom stereocenters. The van der Waals surface area contributed by atoms with Gasteiger partial charge in [-0.05, 0) is 36.6 Å². The Kier molecular flexibility index (Phi) is 6.47. The molecular weight excluding hydrogens is 283 g/mol. The third-order valence-corrected chi connectivity index (χ3v) is 3.26. The van der Waals surface area contributed by atoms with E-state index in [1.165, 1.54) is 19.2 Å². The summed E-state index contributed by atoms with van der Waals surface area (Å²) in [5.41, 5.74) is 5.75. The maximum Gasteiger partial charge on any atom is 0.337 e. The summed E-state index contributed by atoms with van der Waals surface area (Å²) in [7, 11) is 1.22. The van der Waals surface area contributed by atoms with E-state index in [-0.39, 0.29) is 11.3 Å². The molecule has 3 N–H and O–H groups in total. The molecule has 0 aromatic heterocycles. The maximum absolute atomic E-state index is 13.6. The number of amides is 1. The van der Waals surface area contributed by atoms with Crippen molar-refractivity contribution in [2.45, 2.75) is 12.5 Å². The number of carbonyl (C=O) groups excluding carboxylic acids is 2. The molecule has 5 nitrogen and oxygen atoms in total. The number of thioether (sulfide) groups is 1. The van der Waals surface area contributed by atoms with Crippen molar-refractivity contribution in [3.05, 3.63) is 29.6 Å². The zero-order chi connectivity index (χ0) is 15.1. The highest BCUT2D eigenvalue weighted by Gasteiger charge is 2.16. The lowest BCUT2D eigenvalue weighted by molar-refractivity contribution is -0.117. The predicted molar refractivity (Wildman–Crippen MR) is 77.3 cm³/mol. The van der Waals surface area contributed by atoms with Crippen molar-refractivity contribution < 1.29 is 18.7 Å². The molecule has 1 amide bonds. The van der Waals surface area contributed by atoms with Gasteiger partial charge in [0, 0.05) is 0 Å². The van der Waals surface area contributed by atoms with Crippen LogP contribution in [-0.4, -0.2) is 37.0 Å². The second-order valence-electron chi connectivity index (χ2n) is 4.06. The minimum Gasteiger partial charge on any atom is -0.465 e. The van der Waals surface area contributed by atoms with Gasteiger partial charge in [-0.15, -0.1) is 0 Å². The zero-order valence-electron chi connectivity index (χ0n) is 11.3. The number of halogens is 1. The molecule has 0 aliphatic rings. The van der Waals surface area contributed by atoms with Crippen molar-refractivity contribution in [3.63, 3.8) is 0 Å². The van der Waals surface area contributed by atoms with Crippen LogP contribution in [0, 0.1) is 5.82 Å². The average molecular weight is 300 g/mol. The first kappa shape index (κ1) is 16.5. The largest absolute Gasteiger partial charge is 0.465 e. The number of hydrogen-bond donors (Lipinski definition) is 2. The van der Waals surface area contributed by atoms with Crippen LogP contribution in [0.15, 0.2) is 18.2 Å². The third kappa shape index (κ3) is 4.50. The molecule has 110 valence electrons. The molecule has 0 aliphatic carbocycles. The monoisotopic (exact) mass is 300 g/mol. The van der Waals surface area contributed by atoms with E-state index in [1.54, 1.807) is 11.8 Å². The average Bonchev–Trinajstić information content (AvgIpc) is 2.45. The Balaban J connectivity index is 2.80. The fourth-order valence-corrected chi connectivity index (χ4v) is 1.96. The minimum absolute atomic E-state index is 0.0856. The van der Waals surface area contributed by atoms with Crippen molar-refractivity contribution in [2.75, 3.05) is 24.4 Å². The second kappa shape index (κ2) is 7.86. The van der Waals surface area contributed by atoms with Gasteiger partial charge in [0.25, 0.3) is 0 Å². The van der Waals surface area contributed by atoms with Gasteiger partial charge in [-0.3, -0.25) is 4.79 Å². The summed E-state index contributed by atoms with van der Waals surface area (Å²) < 4.78 is 18.1. The summed E-state index contributed by atoms with van der Waals surface area (Å²) in [5, 5.41) is 2.38. The lowest BCUT2D eigenvalue weighted by atomic mass is 10.1. The van der Waals surface area contributed by atoms with Crippen LogP contribution >= 0.6 is 11.8 Å². The van der Waals surface area contributed by atoms with Gasteiger partial charge >= 0.3 is 5.97 Å². The summed E-state index contributed by atoms with van der Waals surface area (Å²) in [6.45, 7) is 0. The number of nitrogens with two attached hydrogens (primary N) is 1. The molecule has 0 spiro atoms. The van der Waals surface area contributed by atoms with E-state index in [0.717, 1.165) is 11.8 Å². The fraction of sp³-hybridized carbons (Fsp3) is 0.385. The van der Waals surface area contributed by atoms with Crippen LogP contribution in [0.4, 0.5) is 10.1 Å². The van der Waals surface area contributed by atoms with Gasteiger partial charge in [-0.2, -0.15) is 11.8 Å². The van der Waals surface area contributed by atoms with E-state index < -0.39 is 23.7 Å². The molecule has 0 saturated carbocycles. The number of carbonyl (C=O) groups is 2. The van der Waals surface area contributed by atoms with E-state index in [9.17, 15) is 14.0 Å². The van der Waals surface area contributed by atoms with Gasteiger partial charge in [-0.25, -0.2) is 9.18 Å². The van der Waals surface area contributed by atoms with Gasteiger partial charge in [0.2, 0.25) is 5.91 Å². The lowest BCUT2D eigenvalue weighted by Crippen LogP contribution is -2.36. The second-order valence-corrected chi connectivity index (χ2v) is 5.05. The Morgan fingerprint density at radius 3 is 2.80 bits per heavy atom. The van der Waals surface area contributed by atoms with Gasteiger partial charge in [0.05, 0.1) is 24.4 Å². The molecule has 0 unspecified atom stereocenters. The predicted octanol–water partition coefficient (Wildman–Crippen LogP) is 1.63. The number of hydrogen-bond acceptors (Lipinski definition) is 5. The van der Waals surface area contributed by atoms with E-state index in [2.05, 4.69) is 10.1 Å². The standard InChI is InChI=1S/C13H17FN2O3S/c1-19-13(18)8-3-4-9(14)11(7-8)16-12(17)10(15)5-6-20-2/h3-4,7,10H,5-6,15H2,1-2H3,(H,16,17)/t10-/m1/s1. The number of anilines is 1. The van der Waals surface area contributed by atoms with Crippen molar-refractivity contribution >= 4 is 29.3 Å². The molecule has 0 aliphatic heterocycles. The van der Waals surface area contributed by atoms with Crippen LogP contribution in [-0.2, 0) is 9.53 Å². The molecule has 0 fully saturated rings. The van der Waals surface area contributed by atoms with Crippen molar-refractivity contribution in [1.29, 1.82) is 0 Å². The third-order valence-electron chi connectivity index (χ3n) is 2.62. The number of ether oxygens (including phenoxy) is 1. The van der Waals surface area contributed by atoms with Crippen LogP contribution in [0.2, 0.25) is 0 Å². The Labute approximate surface area is 121 Å². The highest BCUT2D eigenvalue weighted by Crippen LogP contribution is 2.17. The Bertz CT molecular complexity index is 497. The highest BCUT2D eigenvalue weighted by atomic mass is 32.2. The Hall–Kier alpha value is -1.60. The van der Waals surface area contributed by atoms with Crippen LogP contribution in [0.3, 0.4) is 0 Å². The van der Waals surface area contributed by atoms with Crippen molar-refractivity contribution in [3.8, 4) is 0 Å². The molecule has 0 bridgehead atoms. The maximum atomic E-state index is 13.6. The molecule has 0 heterocycles. The summed E-state index contributed by atoms with van der Waals surface area (Å²) in [6.07, 6.45) is 2.40. The molecule has 7 heteroatoms. The fourth-order valence-electron chi connectivity index (χ4n) is 1.47. The first-order valence-electron chi connectivity index (χ1n) is 5.92. The number of methoxy groups -OCH3 is 1. The zero-order valence-corrected chi connectivity index (χ0v) is 12.1. The minimum atomic E-state index is -0.719. The Morgan fingerprint density at radius 1 is 1.50 bits per heavy atom. The SMILES string of the molecule is COC(=O)c1ccc(F)c(NC(=O)[C@H](N)CCSC)c1. The smallest absolute Gasteiger partial charge is 0.337 e. The van der Waals surface area contributed by atoms with Gasteiger partial charge in [0.15, 0.2) is 0 Å². The van der Waals surface area contributed by atoms with Crippen LogP contribution < -0.4 is 11.1 Å². The van der Waals surface area contributed by atoms with E-state index >= 15 is 0 Å². The Morgan fingerprint density at radius 2 is 2.20 bits per heavy atom. The molecule has 1 aromatic rings. The topological polar surface area (TPSA) is 81.4 Å². The van der Waals surface area contributed by atoms with E-state index in [1.807, 2.05) is 6.26 Å². The van der Waals surface area contributed by atoms with Crippen LogP contribution in [0.5, 0.6) is 0 Å². The molecule has 1 aromatic carbocycles. The quantitative estimate of drug-likeness (QED) is 0.780. The number of rotatable bonds is 6. The normalized spacial score (nSPS) is 11.8. The van der Waals surface area contributed by atoms with Gasteiger partial charge in [-0.1, -0.05) is 0 Å². The molecular formula is C13H17FN2O3S. The summed E-state index contributed by atoms with van der Waals surface area (Å²) in [5.74, 6) is -0.991. The summed E-state index contributed by atoms with van der Waals surface area (Å²) in [6, 6.07) is 2.88. The molecule has 0 radical (unpaired) electrons.